The number of ketones is 2. The summed E-state index contributed by atoms with van der Waals surface area (Å²) in [5.41, 5.74) is 1.24. The summed E-state index contributed by atoms with van der Waals surface area (Å²) >= 11 is 0. The summed E-state index contributed by atoms with van der Waals surface area (Å²) < 4.78 is 0. The number of carboxylic acids is 2. The molecule has 4 heterocycles. The summed E-state index contributed by atoms with van der Waals surface area (Å²) in [7, 11) is 0. The van der Waals surface area contributed by atoms with Crippen LogP contribution in [0.15, 0.2) is 72.8 Å². The molecule has 20 nitrogen and oxygen atoms in total. The number of allylic oxidation sites excluding steroid dienone is 4. The quantitative estimate of drug-likeness (QED) is 0.0234. The molecule has 5 N–H and O–H groups in total. The molecule has 107 heavy (non-hydrogen) atoms. The van der Waals surface area contributed by atoms with E-state index >= 15 is 0 Å². The summed E-state index contributed by atoms with van der Waals surface area (Å²) in [5, 5.41) is 45.0. The van der Waals surface area contributed by atoms with Crippen molar-refractivity contribution in [3.05, 3.63) is 84.0 Å². The number of carboxylic acid groups (broad SMARTS) is 2. The Labute approximate surface area is 703 Å². The van der Waals surface area contributed by atoms with Crippen LogP contribution in [0, 0.1) is 0 Å². The zero-order valence-electron chi connectivity index (χ0n) is 64.5. The Morgan fingerprint density at radius 2 is 0.692 bits per heavy atom. The molecule has 2 aromatic rings. The van der Waals surface area contributed by atoms with E-state index < -0.39 is 60.0 Å². The average molecular weight is 1620 g/mol. The maximum absolute atomic E-state index is 13.7. The molecule has 0 aromatic heterocycles. The number of amides is 6. The third-order valence-electron chi connectivity index (χ3n) is 20.0. The number of hydrogen-bond donors (Lipinski definition) is 5. The van der Waals surface area contributed by atoms with E-state index in [2.05, 4.69) is 48.8 Å². The Balaban J connectivity index is -0.00000190. The summed E-state index contributed by atoms with van der Waals surface area (Å²) in [6.45, 7) is 6.49. The summed E-state index contributed by atoms with van der Waals surface area (Å²) in [5.74, 6) is -4.49. The van der Waals surface area contributed by atoms with Gasteiger partial charge in [-0.25, -0.2) is 4.79 Å². The molecule has 4 aliphatic rings. The second-order valence-corrected chi connectivity index (χ2v) is 28.1. The van der Waals surface area contributed by atoms with Gasteiger partial charge in [-0.1, -0.05) is 165 Å². The molecule has 0 radical (unpaired) electrons. The van der Waals surface area contributed by atoms with E-state index in [-0.39, 0.29) is 196 Å². The number of benzene rings is 2. The van der Waals surface area contributed by atoms with Gasteiger partial charge in [0.05, 0.1) is 24.1 Å². The zero-order valence-corrected chi connectivity index (χ0v) is 72.5. The summed E-state index contributed by atoms with van der Waals surface area (Å²) in [4.78, 5) is 135. The Bertz CT molecular complexity index is 2730. The van der Waals surface area contributed by atoms with Crippen LogP contribution in [-0.4, -0.2) is 156 Å². The van der Waals surface area contributed by atoms with Gasteiger partial charge >= 0.3 is 35.5 Å². The molecule has 0 saturated carbocycles. The van der Waals surface area contributed by atoms with Gasteiger partial charge in [-0.3, -0.25) is 38.4 Å². The molecule has 604 valence electrons. The Morgan fingerprint density at radius 3 is 1.02 bits per heavy atom. The van der Waals surface area contributed by atoms with Crippen LogP contribution in [0.4, 0.5) is 0 Å². The van der Waals surface area contributed by atoms with Crippen LogP contribution in [0.3, 0.4) is 0 Å². The van der Waals surface area contributed by atoms with Crippen molar-refractivity contribution >= 4 is 140 Å². The minimum Gasteiger partial charge on any atom is -0.548 e. The molecule has 4 aliphatic heterocycles. The van der Waals surface area contributed by atoms with Crippen LogP contribution in [0.1, 0.15) is 282 Å². The number of nitrogens with one attached hydrogen (secondary N) is 2. The van der Waals surface area contributed by atoms with Gasteiger partial charge in [-0.2, -0.15) is 81.0 Å². The molecular formula is C80H133N6NaO14S6. The third-order valence-corrected chi connectivity index (χ3v) is 20.0. The predicted molar refractivity (Wildman–Crippen MR) is 449 cm³/mol. The van der Waals surface area contributed by atoms with Gasteiger partial charge in [0, 0.05) is 71.1 Å². The number of aromatic hydroxyl groups is 2. The molecule has 0 bridgehead atoms. The van der Waals surface area contributed by atoms with Crippen molar-refractivity contribution in [1.29, 1.82) is 0 Å². The summed E-state index contributed by atoms with van der Waals surface area (Å²) in [6.07, 6.45) is 45.6. The molecule has 6 amide bonds. The van der Waals surface area contributed by atoms with Crippen LogP contribution in [-0.2, 0) is 60.8 Å². The molecule has 2 aromatic carbocycles. The largest absolute Gasteiger partial charge is 1.00 e. The summed E-state index contributed by atoms with van der Waals surface area (Å²) in [6, 6.07) is 7.21. The molecule has 4 saturated heterocycles. The van der Waals surface area contributed by atoms with Crippen LogP contribution in [0.25, 0.3) is 0 Å². The van der Waals surface area contributed by atoms with Crippen molar-refractivity contribution in [2.45, 2.75) is 320 Å². The smallest absolute Gasteiger partial charge is 0.548 e. The van der Waals surface area contributed by atoms with E-state index in [1.165, 1.54) is 127 Å². The fraction of sp³-hybridized carbons (Fsp3) is 0.675. The number of rotatable bonds is 48. The second-order valence-electron chi connectivity index (χ2n) is 28.1. The number of Topliss-reactive ketones (excluding diaryl/α,β-unsaturated/α-hetero) is 2. The van der Waals surface area contributed by atoms with E-state index in [9.17, 15) is 68.4 Å². The maximum atomic E-state index is 13.7. The van der Waals surface area contributed by atoms with E-state index in [1.807, 2.05) is 0 Å². The SMILES string of the molecule is CCCCCCCC/C=C\CCCCCCCC(=O)N1CCC[C@H]1C(=O)N1CCC[C@H]1C(=O)CCC(=O)N[C@@H](Cc1ccc(O)cc1)C(=O)O.CCCCCCCC/C=C\CCCCCCCC(=O)N1CCC[C@H]1C(=O)N1CCC[C@H]1C(=O)CCC(=O)N[C@@H](Cc1ccc(O)cc1)C(=O)[O-].S.S.S.S.S.S.[Na+]. The number of hydrogen-bond acceptors (Lipinski definition) is 13. The number of aliphatic carboxylic acids is 2. The maximum Gasteiger partial charge on any atom is 1.00 e. The van der Waals surface area contributed by atoms with Crippen molar-refractivity contribution in [1.82, 2.24) is 30.2 Å². The Morgan fingerprint density at radius 1 is 0.402 bits per heavy atom. The minimum absolute atomic E-state index is 0. The fourth-order valence-corrected chi connectivity index (χ4v) is 14.2. The van der Waals surface area contributed by atoms with Crippen molar-refractivity contribution in [3.8, 4) is 11.5 Å². The van der Waals surface area contributed by atoms with Crippen LogP contribution < -0.4 is 45.3 Å². The standard InChI is InChI=1S/2C40H61N3O7.Na.6H2S/c2*1-2-3-4-5-6-7-8-9-10-11-12-13-14-15-16-21-38(47)42-28-18-20-35(42)39(48)43-29-17-19-34(43)36(45)26-27-37(46)41-33(40(49)50)30-31-22-24-32(44)25-23-31;;;;;;;/h2*9-10,22-25,33-35,44H,2-8,11-21,26-30H2,1H3,(H,41,46)(H,49,50);;6*1H2/q;;+1;;;;;;/p-1/b2*10-9-;;;;;;;/t2*33-,34-,35-;;;;;;;/m00......./s1. The van der Waals surface area contributed by atoms with Gasteiger partial charge in [-0.05, 0) is 157 Å². The number of likely N-dealkylation sites (tertiary alicyclic amines) is 4. The molecule has 0 unspecified atom stereocenters. The monoisotopic (exact) mass is 1620 g/mol. The van der Waals surface area contributed by atoms with Crippen LogP contribution >= 0.6 is 81.0 Å². The van der Waals surface area contributed by atoms with E-state index in [4.69, 9.17) is 0 Å². The Kier molecular flexibility index (Phi) is 63.2. The molecule has 27 heteroatoms. The van der Waals surface area contributed by atoms with Gasteiger partial charge in [0.25, 0.3) is 0 Å². The first kappa shape index (κ1) is 107. The van der Waals surface area contributed by atoms with E-state index in [0.29, 0.717) is 88.7 Å². The molecule has 0 aliphatic carbocycles. The number of unbranched alkanes of at least 4 members (excludes halogenated alkanes) is 22. The number of phenolic OH excluding ortho intramolecular Hbond substituents is 2. The van der Waals surface area contributed by atoms with Gasteiger partial charge in [0.15, 0.2) is 11.6 Å². The van der Waals surface area contributed by atoms with E-state index in [0.717, 1.165) is 77.0 Å². The molecule has 6 rings (SSSR count). The zero-order chi connectivity index (χ0) is 72.3. The van der Waals surface area contributed by atoms with Crippen molar-refractivity contribution < 1.29 is 97.9 Å². The van der Waals surface area contributed by atoms with Gasteiger partial charge in [-0.15, -0.1) is 0 Å². The molecule has 0 spiro atoms. The predicted octanol–water partition coefficient (Wildman–Crippen LogP) is 10.1. The van der Waals surface area contributed by atoms with Crippen molar-refractivity contribution in [2.24, 2.45) is 0 Å². The van der Waals surface area contributed by atoms with Gasteiger partial charge in [0.1, 0.15) is 29.6 Å². The number of carbonyl (C=O) groups excluding carboxylic acids is 9. The van der Waals surface area contributed by atoms with Gasteiger partial charge < -0.3 is 55.5 Å². The second kappa shape index (κ2) is 63.3. The normalized spacial score (nSPS) is 16.9. The Hall–Kier alpha value is -4.28. The number of nitrogens with zero attached hydrogens (tertiary/aromatic N) is 4. The number of phenols is 2. The van der Waals surface area contributed by atoms with Crippen molar-refractivity contribution in [2.75, 3.05) is 26.2 Å². The van der Waals surface area contributed by atoms with E-state index in [1.54, 1.807) is 43.9 Å². The minimum atomic E-state index is -1.45. The average Bonchev–Trinajstić information content (AvgIpc) is 1.69. The first-order valence-corrected chi connectivity index (χ1v) is 38.6. The molecular weight excluding hydrogens is 1480 g/mol. The first-order valence-electron chi connectivity index (χ1n) is 38.6. The van der Waals surface area contributed by atoms with Crippen LogP contribution in [0.2, 0.25) is 0 Å². The first-order chi connectivity index (χ1) is 48.4. The van der Waals surface area contributed by atoms with Crippen LogP contribution in [0.5, 0.6) is 11.5 Å². The molecule has 6 atom stereocenters. The van der Waals surface area contributed by atoms with Gasteiger partial charge in [0.2, 0.25) is 35.4 Å². The van der Waals surface area contributed by atoms with Crippen molar-refractivity contribution in [3.63, 3.8) is 0 Å². The molecule has 4 fully saturated rings. The number of carbonyl (C=O) groups is 10. The fourth-order valence-electron chi connectivity index (χ4n) is 14.2. The topological polar surface area (TPSA) is 291 Å². The third kappa shape index (κ3) is 41.7.